The standard InChI is InChI=1S/C30H28ClN3O5S/c1-33-29(36)27(17-21-8-11-25(26(16-21)37-2)39-19-20-6-9-23(31)10-7-20)40-30(33)32-24-5-3-4-22(18-24)28(35)34-12-14-38-15-13-34/h3-11,16-18H,12-15,19H2,1-2H3/b27-17+,32-30?. The summed E-state index contributed by atoms with van der Waals surface area (Å²) in [6.45, 7) is 2.58. The number of halogens is 1. The molecule has 2 aliphatic rings. The van der Waals surface area contributed by atoms with Crippen molar-refractivity contribution in [3.05, 3.63) is 93.3 Å². The SMILES string of the molecule is COc1cc(/C=C2/SC(=Nc3cccc(C(=O)N4CCOCC4)c3)N(C)C2=O)ccc1OCc1ccc(Cl)cc1. The maximum atomic E-state index is 13.0. The molecule has 0 aromatic heterocycles. The van der Waals surface area contributed by atoms with E-state index >= 15 is 0 Å². The zero-order chi connectivity index (χ0) is 28.1. The van der Waals surface area contributed by atoms with Crippen LogP contribution in [0.4, 0.5) is 5.69 Å². The van der Waals surface area contributed by atoms with Gasteiger partial charge in [-0.1, -0.05) is 35.9 Å². The molecule has 206 valence electrons. The lowest BCUT2D eigenvalue weighted by molar-refractivity contribution is -0.121. The van der Waals surface area contributed by atoms with Crippen LogP contribution in [0.25, 0.3) is 6.08 Å². The van der Waals surface area contributed by atoms with Gasteiger partial charge in [0.15, 0.2) is 16.7 Å². The number of nitrogens with zero attached hydrogens (tertiary/aromatic N) is 3. The van der Waals surface area contributed by atoms with Crippen molar-refractivity contribution < 1.29 is 23.8 Å². The number of ether oxygens (including phenoxy) is 3. The average molecular weight is 578 g/mol. The smallest absolute Gasteiger partial charge is 0.266 e. The molecular formula is C30H28ClN3O5S. The van der Waals surface area contributed by atoms with Crippen LogP contribution in [0.1, 0.15) is 21.5 Å². The predicted molar refractivity (Wildman–Crippen MR) is 157 cm³/mol. The Hall–Kier alpha value is -3.79. The number of aliphatic imine (C=N–C) groups is 1. The Balaban J connectivity index is 1.30. The summed E-state index contributed by atoms with van der Waals surface area (Å²) in [5.74, 6) is 0.939. The summed E-state index contributed by atoms with van der Waals surface area (Å²) in [6, 6.07) is 20.1. The van der Waals surface area contributed by atoms with Gasteiger partial charge >= 0.3 is 0 Å². The number of rotatable bonds is 7. The number of methoxy groups -OCH3 is 1. The lowest BCUT2D eigenvalue weighted by atomic mass is 10.1. The maximum absolute atomic E-state index is 13.0. The van der Waals surface area contributed by atoms with Crippen molar-refractivity contribution in [2.24, 2.45) is 4.99 Å². The summed E-state index contributed by atoms with van der Waals surface area (Å²) in [7, 11) is 3.26. The Morgan fingerprint density at radius 2 is 1.85 bits per heavy atom. The van der Waals surface area contributed by atoms with E-state index in [-0.39, 0.29) is 11.8 Å². The highest BCUT2D eigenvalue weighted by atomic mass is 35.5. The number of hydrogen-bond donors (Lipinski definition) is 0. The first kappa shape index (κ1) is 27.8. The van der Waals surface area contributed by atoms with Gasteiger partial charge in [-0.3, -0.25) is 14.5 Å². The zero-order valence-corrected chi connectivity index (χ0v) is 23.7. The van der Waals surface area contributed by atoms with Crippen LogP contribution in [0, 0.1) is 0 Å². The summed E-state index contributed by atoms with van der Waals surface area (Å²) in [5, 5.41) is 1.20. The van der Waals surface area contributed by atoms with E-state index in [4.69, 9.17) is 25.8 Å². The fraction of sp³-hybridized carbons (Fsp3) is 0.233. The molecule has 8 nitrogen and oxygen atoms in total. The normalized spacial score (nSPS) is 17.5. The molecule has 0 atom stereocenters. The van der Waals surface area contributed by atoms with Crippen LogP contribution in [-0.4, -0.2) is 67.2 Å². The second kappa shape index (κ2) is 12.6. The third-order valence-corrected chi connectivity index (χ3v) is 7.72. The molecule has 2 heterocycles. The van der Waals surface area contributed by atoms with Gasteiger partial charge < -0.3 is 19.1 Å². The molecule has 0 radical (unpaired) electrons. The van der Waals surface area contributed by atoms with Crippen LogP contribution in [0.2, 0.25) is 5.02 Å². The van der Waals surface area contributed by atoms with Crippen LogP contribution in [-0.2, 0) is 16.1 Å². The lowest BCUT2D eigenvalue weighted by Gasteiger charge is -2.26. The Kier molecular flexibility index (Phi) is 8.74. The van der Waals surface area contributed by atoms with Crippen molar-refractivity contribution in [1.29, 1.82) is 0 Å². The second-order valence-corrected chi connectivity index (χ2v) is 10.6. The molecule has 2 fully saturated rings. The predicted octanol–water partition coefficient (Wildman–Crippen LogP) is 5.63. The first-order valence-electron chi connectivity index (χ1n) is 12.7. The molecule has 40 heavy (non-hydrogen) atoms. The summed E-state index contributed by atoms with van der Waals surface area (Å²) in [6.07, 6.45) is 1.80. The Morgan fingerprint density at radius 1 is 1.07 bits per heavy atom. The van der Waals surface area contributed by atoms with E-state index in [9.17, 15) is 9.59 Å². The monoisotopic (exact) mass is 577 g/mol. The summed E-state index contributed by atoms with van der Waals surface area (Å²) in [5.41, 5.74) is 2.93. The first-order chi connectivity index (χ1) is 19.4. The van der Waals surface area contributed by atoms with Crippen LogP contribution in [0.5, 0.6) is 11.5 Å². The number of hydrogen-bond acceptors (Lipinski definition) is 7. The lowest BCUT2D eigenvalue weighted by Crippen LogP contribution is -2.40. The van der Waals surface area contributed by atoms with Gasteiger partial charge in [0, 0.05) is 30.7 Å². The molecule has 3 aromatic rings. The molecule has 0 bridgehead atoms. The van der Waals surface area contributed by atoms with E-state index in [0.717, 1.165) is 11.1 Å². The quantitative estimate of drug-likeness (QED) is 0.338. The Morgan fingerprint density at radius 3 is 2.60 bits per heavy atom. The number of amides is 2. The molecule has 5 rings (SSSR count). The Labute approximate surface area is 242 Å². The fourth-order valence-electron chi connectivity index (χ4n) is 4.21. The zero-order valence-electron chi connectivity index (χ0n) is 22.1. The average Bonchev–Trinajstić information content (AvgIpc) is 3.24. The molecule has 3 aromatic carbocycles. The van der Waals surface area contributed by atoms with Gasteiger partial charge in [0.05, 0.1) is 30.9 Å². The maximum Gasteiger partial charge on any atom is 0.266 e. The minimum absolute atomic E-state index is 0.0519. The molecule has 0 N–H and O–H groups in total. The largest absolute Gasteiger partial charge is 0.493 e. The van der Waals surface area contributed by atoms with Crippen molar-refractivity contribution in [1.82, 2.24) is 9.80 Å². The minimum atomic E-state index is -0.161. The van der Waals surface area contributed by atoms with Crippen LogP contribution in [0.3, 0.4) is 0 Å². The topological polar surface area (TPSA) is 80.7 Å². The fourth-order valence-corrected chi connectivity index (χ4v) is 5.32. The number of carbonyl (C=O) groups excluding carboxylic acids is 2. The first-order valence-corrected chi connectivity index (χ1v) is 13.9. The number of thioether (sulfide) groups is 1. The molecule has 0 saturated carbocycles. The summed E-state index contributed by atoms with van der Waals surface area (Å²) < 4.78 is 16.8. The van der Waals surface area contributed by atoms with E-state index in [1.165, 1.54) is 16.7 Å². The highest BCUT2D eigenvalue weighted by Crippen LogP contribution is 2.35. The highest BCUT2D eigenvalue weighted by Gasteiger charge is 2.30. The van der Waals surface area contributed by atoms with Gasteiger partial charge in [-0.15, -0.1) is 0 Å². The van der Waals surface area contributed by atoms with Crippen LogP contribution >= 0.6 is 23.4 Å². The number of benzene rings is 3. The van der Waals surface area contributed by atoms with Crippen molar-refractivity contribution >= 4 is 52.1 Å². The molecule has 2 aliphatic heterocycles. The number of amidine groups is 1. The van der Waals surface area contributed by atoms with E-state index < -0.39 is 0 Å². The van der Waals surface area contributed by atoms with Crippen LogP contribution in [0.15, 0.2) is 76.6 Å². The number of carbonyl (C=O) groups is 2. The Bertz CT molecular complexity index is 1470. The van der Waals surface area contributed by atoms with Gasteiger partial charge in [0.2, 0.25) is 0 Å². The van der Waals surface area contributed by atoms with E-state index in [1.54, 1.807) is 43.3 Å². The highest BCUT2D eigenvalue weighted by molar-refractivity contribution is 8.18. The molecule has 2 saturated heterocycles. The van der Waals surface area contributed by atoms with Crippen LogP contribution < -0.4 is 9.47 Å². The van der Waals surface area contributed by atoms with Gasteiger partial charge in [-0.05, 0) is 71.4 Å². The molecule has 0 spiro atoms. The van der Waals surface area contributed by atoms with Crippen molar-refractivity contribution in [2.75, 3.05) is 40.5 Å². The van der Waals surface area contributed by atoms with Crippen molar-refractivity contribution in [3.63, 3.8) is 0 Å². The summed E-state index contributed by atoms with van der Waals surface area (Å²) in [4.78, 5) is 34.4. The number of morpholine rings is 1. The molecular weight excluding hydrogens is 550 g/mol. The number of likely N-dealkylation sites (N-methyl/N-ethyl adjacent to an activating group) is 1. The second-order valence-electron chi connectivity index (χ2n) is 9.15. The summed E-state index contributed by atoms with van der Waals surface area (Å²) >= 11 is 7.24. The third-order valence-electron chi connectivity index (χ3n) is 6.41. The van der Waals surface area contributed by atoms with Gasteiger partial charge in [-0.2, -0.15) is 0 Å². The molecule has 0 aliphatic carbocycles. The molecule has 10 heteroatoms. The van der Waals surface area contributed by atoms with Crippen molar-refractivity contribution in [3.8, 4) is 11.5 Å². The van der Waals surface area contributed by atoms with Gasteiger partial charge in [0.25, 0.3) is 11.8 Å². The van der Waals surface area contributed by atoms with E-state index in [1.807, 2.05) is 48.5 Å². The van der Waals surface area contributed by atoms with Gasteiger partial charge in [0.1, 0.15) is 6.61 Å². The molecule has 2 amide bonds. The third kappa shape index (κ3) is 6.50. The minimum Gasteiger partial charge on any atom is -0.493 e. The van der Waals surface area contributed by atoms with Crippen molar-refractivity contribution in [2.45, 2.75) is 6.61 Å². The van der Waals surface area contributed by atoms with Gasteiger partial charge in [-0.25, -0.2) is 4.99 Å². The molecule has 0 unspecified atom stereocenters. The van der Waals surface area contributed by atoms with E-state index in [0.29, 0.717) is 70.8 Å². The van der Waals surface area contributed by atoms with E-state index in [2.05, 4.69) is 4.99 Å².